The van der Waals surface area contributed by atoms with Crippen molar-refractivity contribution in [2.45, 2.75) is 31.6 Å². The molecule has 0 saturated heterocycles. The van der Waals surface area contributed by atoms with Gasteiger partial charge in [-0.3, -0.25) is 0 Å². The van der Waals surface area contributed by atoms with Crippen LogP contribution in [0.3, 0.4) is 0 Å². The summed E-state index contributed by atoms with van der Waals surface area (Å²) in [5.41, 5.74) is 1.22. The normalized spacial score (nSPS) is 18.0. The van der Waals surface area contributed by atoms with E-state index in [1.807, 2.05) is 12.3 Å². The summed E-state index contributed by atoms with van der Waals surface area (Å²) in [6.45, 7) is 0. The minimum atomic E-state index is 0.646. The summed E-state index contributed by atoms with van der Waals surface area (Å²) in [5, 5.41) is 0.855. The van der Waals surface area contributed by atoms with E-state index in [9.17, 15) is 0 Å². The molecule has 1 aliphatic rings. The zero-order chi connectivity index (χ0) is 9.26. The molecule has 0 aromatic carbocycles. The van der Waals surface area contributed by atoms with E-state index >= 15 is 0 Å². The van der Waals surface area contributed by atoms with Crippen molar-refractivity contribution in [1.82, 2.24) is 4.98 Å². The van der Waals surface area contributed by atoms with Crippen molar-refractivity contribution in [2.24, 2.45) is 0 Å². The Morgan fingerprint density at radius 1 is 1.38 bits per heavy atom. The summed E-state index contributed by atoms with van der Waals surface area (Å²) in [6, 6.07) is 1.88. The lowest BCUT2D eigenvalue weighted by atomic mass is 10.00. The van der Waals surface area contributed by atoms with Gasteiger partial charge in [0.2, 0.25) is 0 Å². The molecule has 1 aliphatic carbocycles. The monoisotopic (exact) mass is 259 g/mol. The van der Waals surface area contributed by atoms with Crippen LogP contribution in [0.5, 0.6) is 0 Å². The second-order valence-electron chi connectivity index (χ2n) is 3.51. The fourth-order valence-corrected chi connectivity index (χ4v) is 2.72. The molecule has 2 rings (SSSR count). The molecule has 0 bridgehead atoms. The summed E-state index contributed by atoms with van der Waals surface area (Å²) in [5.74, 6) is 0.646. The molecule has 1 aromatic heterocycles. The van der Waals surface area contributed by atoms with Gasteiger partial charge in [-0.15, -0.1) is 0 Å². The van der Waals surface area contributed by atoms with Gasteiger partial charge in [0.15, 0.2) is 0 Å². The van der Waals surface area contributed by atoms with Crippen molar-refractivity contribution in [1.29, 1.82) is 0 Å². The fraction of sp³-hybridized carbons (Fsp3) is 0.500. The van der Waals surface area contributed by atoms with Crippen molar-refractivity contribution in [3.05, 3.63) is 27.5 Å². The van der Waals surface area contributed by atoms with Crippen LogP contribution in [-0.4, -0.2) is 4.98 Å². The van der Waals surface area contributed by atoms with Gasteiger partial charge < -0.3 is 0 Å². The van der Waals surface area contributed by atoms with Gasteiger partial charge in [-0.1, -0.05) is 24.4 Å². The SMILES string of the molecule is Clc1cc(Br)ncc1C1CCCC1. The molecule has 1 saturated carbocycles. The molecule has 0 amide bonds. The van der Waals surface area contributed by atoms with Crippen LogP contribution in [0.15, 0.2) is 16.9 Å². The second-order valence-corrected chi connectivity index (χ2v) is 4.73. The Labute approximate surface area is 91.6 Å². The largest absolute Gasteiger partial charge is 0.249 e. The first-order chi connectivity index (χ1) is 6.27. The molecule has 1 heterocycles. The van der Waals surface area contributed by atoms with Crippen LogP contribution < -0.4 is 0 Å². The van der Waals surface area contributed by atoms with Crippen LogP contribution >= 0.6 is 27.5 Å². The molecule has 0 aliphatic heterocycles. The molecule has 13 heavy (non-hydrogen) atoms. The zero-order valence-electron chi connectivity index (χ0n) is 7.26. The third kappa shape index (κ3) is 2.05. The lowest BCUT2D eigenvalue weighted by Crippen LogP contribution is -1.94. The van der Waals surface area contributed by atoms with Crippen molar-refractivity contribution in [2.75, 3.05) is 0 Å². The van der Waals surface area contributed by atoms with Crippen LogP contribution in [0, 0.1) is 0 Å². The number of hydrogen-bond acceptors (Lipinski definition) is 1. The van der Waals surface area contributed by atoms with E-state index < -0.39 is 0 Å². The lowest BCUT2D eigenvalue weighted by molar-refractivity contribution is 0.719. The summed E-state index contributed by atoms with van der Waals surface area (Å²) < 4.78 is 0.819. The second kappa shape index (κ2) is 3.97. The number of pyridine rings is 1. The van der Waals surface area contributed by atoms with E-state index in [1.54, 1.807) is 0 Å². The van der Waals surface area contributed by atoms with Gasteiger partial charge >= 0.3 is 0 Å². The first-order valence-electron chi connectivity index (χ1n) is 4.58. The van der Waals surface area contributed by atoms with E-state index in [0.29, 0.717) is 5.92 Å². The van der Waals surface area contributed by atoms with Crippen molar-refractivity contribution in [3.63, 3.8) is 0 Å². The Bertz CT molecular complexity index is 308. The Morgan fingerprint density at radius 3 is 2.69 bits per heavy atom. The van der Waals surface area contributed by atoms with E-state index in [4.69, 9.17) is 11.6 Å². The highest BCUT2D eigenvalue weighted by Gasteiger charge is 2.19. The van der Waals surface area contributed by atoms with Gasteiger partial charge in [-0.25, -0.2) is 4.98 Å². The maximum atomic E-state index is 6.14. The topological polar surface area (TPSA) is 12.9 Å². The van der Waals surface area contributed by atoms with Crippen molar-refractivity contribution < 1.29 is 0 Å². The van der Waals surface area contributed by atoms with Crippen molar-refractivity contribution in [3.8, 4) is 0 Å². The van der Waals surface area contributed by atoms with Crippen LogP contribution in [0.25, 0.3) is 0 Å². The van der Waals surface area contributed by atoms with Crippen LogP contribution in [-0.2, 0) is 0 Å². The minimum Gasteiger partial charge on any atom is -0.249 e. The predicted molar refractivity (Wildman–Crippen MR) is 58.2 cm³/mol. The van der Waals surface area contributed by atoms with E-state index in [-0.39, 0.29) is 0 Å². The highest BCUT2D eigenvalue weighted by molar-refractivity contribution is 9.10. The molecule has 1 fully saturated rings. The van der Waals surface area contributed by atoms with Crippen LogP contribution in [0.4, 0.5) is 0 Å². The van der Waals surface area contributed by atoms with Gasteiger partial charge in [0.25, 0.3) is 0 Å². The Kier molecular flexibility index (Phi) is 2.89. The van der Waals surface area contributed by atoms with Gasteiger partial charge in [-0.05, 0) is 46.3 Å². The number of rotatable bonds is 1. The third-order valence-corrected chi connectivity index (χ3v) is 3.40. The molecular weight excluding hydrogens is 249 g/mol. The molecule has 3 heteroatoms. The fourth-order valence-electron chi connectivity index (χ4n) is 1.96. The standard InChI is InChI=1S/C10H11BrClN/c11-10-5-9(12)8(6-13-10)7-3-1-2-4-7/h5-7H,1-4H2. The molecular formula is C10H11BrClN. The summed E-state index contributed by atoms with van der Waals surface area (Å²) in [4.78, 5) is 4.22. The molecule has 0 atom stereocenters. The average molecular weight is 261 g/mol. The van der Waals surface area contributed by atoms with Gasteiger partial charge in [-0.2, -0.15) is 0 Å². The summed E-state index contributed by atoms with van der Waals surface area (Å²) in [7, 11) is 0. The molecule has 1 aromatic rings. The summed E-state index contributed by atoms with van der Waals surface area (Å²) in [6.07, 6.45) is 7.10. The Hall–Kier alpha value is -0.0800. The number of nitrogens with zero attached hydrogens (tertiary/aromatic N) is 1. The van der Waals surface area contributed by atoms with Gasteiger partial charge in [0, 0.05) is 11.2 Å². The number of halogens is 2. The molecule has 1 nitrogen and oxygen atoms in total. The first kappa shape index (κ1) is 9.47. The van der Waals surface area contributed by atoms with E-state index in [0.717, 1.165) is 9.63 Å². The number of aromatic nitrogens is 1. The molecule has 70 valence electrons. The molecule has 0 N–H and O–H groups in total. The van der Waals surface area contributed by atoms with E-state index in [1.165, 1.54) is 31.2 Å². The van der Waals surface area contributed by atoms with Crippen LogP contribution in [0.2, 0.25) is 5.02 Å². The maximum Gasteiger partial charge on any atom is 0.107 e. The highest BCUT2D eigenvalue weighted by atomic mass is 79.9. The van der Waals surface area contributed by atoms with Gasteiger partial charge in [0.05, 0.1) is 0 Å². The maximum absolute atomic E-state index is 6.14. The summed E-state index contributed by atoms with van der Waals surface area (Å²) >= 11 is 9.45. The predicted octanol–water partition coefficient (Wildman–Crippen LogP) is 4.16. The molecule has 0 unspecified atom stereocenters. The lowest BCUT2D eigenvalue weighted by Gasteiger charge is -2.10. The first-order valence-corrected chi connectivity index (χ1v) is 5.75. The molecule has 0 radical (unpaired) electrons. The highest BCUT2D eigenvalue weighted by Crippen LogP contribution is 2.37. The zero-order valence-corrected chi connectivity index (χ0v) is 9.61. The minimum absolute atomic E-state index is 0.646. The quantitative estimate of drug-likeness (QED) is 0.691. The third-order valence-electron chi connectivity index (χ3n) is 2.64. The Morgan fingerprint density at radius 2 is 2.08 bits per heavy atom. The van der Waals surface area contributed by atoms with Crippen molar-refractivity contribution >= 4 is 27.5 Å². The Balaban J connectivity index is 2.29. The average Bonchev–Trinajstić information content (AvgIpc) is 2.56. The van der Waals surface area contributed by atoms with Gasteiger partial charge in [0.1, 0.15) is 4.60 Å². The van der Waals surface area contributed by atoms with Crippen LogP contribution in [0.1, 0.15) is 37.2 Å². The smallest absolute Gasteiger partial charge is 0.107 e. The van der Waals surface area contributed by atoms with E-state index in [2.05, 4.69) is 20.9 Å². The number of hydrogen-bond donors (Lipinski definition) is 0. The molecule has 0 spiro atoms.